The van der Waals surface area contributed by atoms with Crippen molar-refractivity contribution in [2.45, 2.75) is 45.6 Å². The van der Waals surface area contributed by atoms with E-state index in [0.717, 1.165) is 24.3 Å². The lowest BCUT2D eigenvalue weighted by Crippen LogP contribution is -2.39. The molecule has 3 heteroatoms. The zero-order valence-electron chi connectivity index (χ0n) is 10.4. The van der Waals surface area contributed by atoms with Crippen molar-refractivity contribution in [3.05, 3.63) is 0 Å². The second-order valence-electron chi connectivity index (χ2n) is 5.22. The molecule has 92 valence electrons. The zero-order chi connectivity index (χ0) is 11.5. The molecule has 1 unspecified atom stereocenters. The van der Waals surface area contributed by atoms with E-state index in [0.29, 0.717) is 6.61 Å². The van der Waals surface area contributed by atoms with Gasteiger partial charge in [0.15, 0.2) is 0 Å². The zero-order valence-corrected chi connectivity index (χ0v) is 10.4. The third-order valence-electron chi connectivity index (χ3n) is 3.75. The number of rotatable bonds is 7. The maximum Gasteiger partial charge on any atom is 0.322 e. The molecule has 1 atom stereocenters. The number of ether oxygens (including phenoxy) is 1. The van der Waals surface area contributed by atoms with Crippen LogP contribution in [0.3, 0.4) is 0 Å². The molecule has 0 aliphatic heterocycles. The summed E-state index contributed by atoms with van der Waals surface area (Å²) in [5.41, 5.74) is 0. The molecule has 1 N–H and O–H groups in total. The Bertz CT molecular complexity index is 234. The summed E-state index contributed by atoms with van der Waals surface area (Å²) in [4.78, 5) is 11.4. The van der Waals surface area contributed by atoms with Crippen LogP contribution in [-0.2, 0) is 9.53 Å². The highest BCUT2D eigenvalue weighted by atomic mass is 16.5. The molecule has 2 rings (SSSR count). The summed E-state index contributed by atoms with van der Waals surface area (Å²) < 4.78 is 4.99. The van der Waals surface area contributed by atoms with Crippen LogP contribution in [0, 0.1) is 17.8 Å². The average molecular weight is 225 g/mol. The predicted octanol–water partition coefficient (Wildman–Crippen LogP) is 1.96. The van der Waals surface area contributed by atoms with Crippen LogP contribution in [-0.4, -0.2) is 25.2 Å². The van der Waals surface area contributed by atoms with Crippen LogP contribution >= 0.6 is 0 Å². The molecule has 0 aromatic rings. The number of carbonyl (C=O) groups is 1. The Hall–Kier alpha value is -0.570. The molecular weight excluding hydrogens is 202 g/mol. The minimum atomic E-state index is -0.153. The fourth-order valence-corrected chi connectivity index (χ4v) is 2.43. The van der Waals surface area contributed by atoms with E-state index in [1.807, 2.05) is 13.8 Å². The molecule has 2 fully saturated rings. The van der Waals surface area contributed by atoms with Gasteiger partial charge in [-0.25, -0.2) is 0 Å². The summed E-state index contributed by atoms with van der Waals surface area (Å²) in [5.74, 6) is 2.58. The Labute approximate surface area is 97.9 Å². The number of hydrogen-bond donors (Lipinski definition) is 1. The summed E-state index contributed by atoms with van der Waals surface area (Å²) >= 11 is 0. The molecule has 16 heavy (non-hydrogen) atoms. The van der Waals surface area contributed by atoms with Crippen molar-refractivity contribution in [1.82, 2.24) is 5.32 Å². The molecule has 0 heterocycles. The van der Waals surface area contributed by atoms with E-state index >= 15 is 0 Å². The maximum absolute atomic E-state index is 11.4. The largest absolute Gasteiger partial charge is 0.465 e. The first-order chi connectivity index (χ1) is 7.72. The summed E-state index contributed by atoms with van der Waals surface area (Å²) in [6.07, 6.45) is 5.60. The molecule has 0 radical (unpaired) electrons. The van der Waals surface area contributed by atoms with E-state index in [1.165, 1.54) is 25.7 Å². The van der Waals surface area contributed by atoms with Crippen LogP contribution in [0.5, 0.6) is 0 Å². The minimum Gasteiger partial charge on any atom is -0.465 e. The van der Waals surface area contributed by atoms with Crippen molar-refractivity contribution in [2.75, 3.05) is 13.2 Å². The average Bonchev–Trinajstić information content (AvgIpc) is 3.12. The molecule has 0 aromatic heterocycles. The van der Waals surface area contributed by atoms with Gasteiger partial charge in [0.1, 0.15) is 6.04 Å². The van der Waals surface area contributed by atoms with Crippen LogP contribution in [0.2, 0.25) is 0 Å². The van der Waals surface area contributed by atoms with Gasteiger partial charge in [0.05, 0.1) is 6.61 Å². The van der Waals surface area contributed by atoms with Crippen molar-refractivity contribution in [3.63, 3.8) is 0 Å². The first kappa shape index (κ1) is 11.9. The molecule has 0 amide bonds. The number of carbonyl (C=O) groups excluding carboxylic acids is 1. The van der Waals surface area contributed by atoms with E-state index in [4.69, 9.17) is 4.74 Å². The highest BCUT2D eigenvalue weighted by Crippen LogP contribution is 2.48. The van der Waals surface area contributed by atoms with Gasteiger partial charge in [0.2, 0.25) is 0 Å². The second-order valence-corrected chi connectivity index (χ2v) is 5.22. The lowest BCUT2D eigenvalue weighted by molar-refractivity contribution is -0.145. The van der Waals surface area contributed by atoms with Crippen molar-refractivity contribution < 1.29 is 9.53 Å². The monoisotopic (exact) mass is 225 g/mol. The van der Waals surface area contributed by atoms with Crippen molar-refractivity contribution in [1.29, 1.82) is 0 Å². The van der Waals surface area contributed by atoms with Crippen molar-refractivity contribution in [3.8, 4) is 0 Å². The van der Waals surface area contributed by atoms with Crippen LogP contribution < -0.4 is 5.32 Å². The van der Waals surface area contributed by atoms with Gasteiger partial charge < -0.3 is 10.1 Å². The van der Waals surface area contributed by atoms with Crippen molar-refractivity contribution >= 4 is 5.97 Å². The normalized spacial score (nSPS) is 22.2. The Balaban J connectivity index is 1.70. The lowest BCUT2D eigenvalue weighted by Gasteiger charge is -2.19. The molecule has 0 bridgehead atoms. The summed E-state index contributed by atoms with van der Waals surface area (Å²) in [6, 6.07) is -0.153. The SMILES string of the molecule is CCOC(=O)C(C)NCC(C1CC1)C1CC1. The Morgan fingerprint density at radius 2 is 1.88 bits per heavy atom. The molecular formula is C13H23NO2. The van der Waals surface area contributed by atoms with E-state index in [1.54, 1.807) is 0 Å². The van der Waals surface area contributed by atoms with Gasteiger partial charge >= 0.3 is 5.97 Å². The van der Waals surface area contributed by atoms with Gasteiger partial charge in [-0.2, -0.15) is 0 Å². The molecule has 0 aromatic carbocycles. The van der Waals surface area contributed by atoms with E-state index < -0.39 is 0 Å². The molecule has 2 saturated carbocycles. The second kappa shape index (κ2) is 5.17. The van der Waals surface area contributed by atoms with Gasteiger partial charge in [0, 0.05) is 0 Å². The quantitative estimate of drug-likeness (QED) is 0.673. The summed E-state index contributed by atoms with van der Waals surface area (Å²) in [6.45, 7) is 5.21. The lowest BCUT2D eigenvalue weighted by atomic mass is 9.97. The Morgan fingerprint density at radius 3 is 2.31 bits per heavy atom. The summed E-state index contributed by atoms with van der Waals surface area (Å²) in [7, 11) is 0. The van der Waals surface area contributed by atoms with Gasteiger partial charge in [-0.05, 0) is 63.8 Å². The Morgan fingerprint density at radius 1 is 1.31 bits per heavy atom. The van der Waals surface area contributed by atoms with E-state index in [2.05, 4.69) is 5.32 Å². The standard InChI is InChI=1S/C13H23NO2/c1-3-16-13(15)9(2)14-8-12(10-4-5-10)11-6-7-11/h9-12,14H,3-8H2,1-2H3. The Kier molecular flexibility index (Phi) is 3.85. The first-order valence-corrected chi connectivity index (χ1v) is 6.62. The van der Waals surface area contributed by atoms with Crippen LogP contribution in [0.15, 0.2) is 0 Å². The molecule has 2 aliphatic carbocycles. The number of nitrogens with one attached hydrogen (secondary N) is 1. The minimum absolute atomic E-state index is 0.118. The van der Waals surface area contributed by atoms with Gasteiger partial charge in [-0.3, -0.25) is 4.79 Å². The fourth-order valence-electron chi connectivity index (χ4n) is 2.43. The topological polar surface area (TPSA) is 38.3 Å². The van der Waals surface area contributed by atoms with Crippen molar-refractivity contribution in [2.24, 2.45) is 17.8 Å². The third-order valence-corrected chi connectivity index (χ3v) is 3.75. The van der Waals surface area contributed by atoms with E-state index in [-0.39, 0.29) is 12.0 Å². The highest BCUT2D eigenvalue weighted by molar-refractivity contribution is 5.75. The fraction of sp³-hybridized carbons (Fsp3) is 0.923. The van der Waals surface area contributed by atoms with Crippen LogP contribution in [0.1, 0.15) is 39.5 Å². The first-order valence-electron chi connectivity index (χ1n) is 6.62. The predicted molar refractivity (Wildman–Crippen MR) is 63.0 cm³/mol. The molecule has 0 spiro atoms. The molecule has 3 nitrogen and oxygen atoms in total. The van der Waals surface area contributed by atoms with Gasteiger partial charge in [-0.15, -0.1) is 0 Å². The summed E-state index contributed by atoms with van der Waals surface area (Å²) in [5, 5.41) is 3.34. The highest BCUT2D eigenvalue weighted by Gasteiger charge is 2.41. The van der Waals surface area contributed by atoms with Crippen LogP contribution in [0.4, 0.5) is 0 Å². The molecule has 2 aliphatic rings. The number of hydrogen-bond acceptors (Lipinski definition) is 3. The van der Waals surface area contributed by atoms with Crippen LogP contribution in [0.25, 0.3) is 0 Å². The van der Waals surface area contributed by atoms with Gasteiger partial charge in [-0.1, -0.05) is 0 Å². The smallest absolute Gasteiger partial charge is 0.322 e. The molecule has 0 saturated heterocycles. The van der Waals surface area contributed by atoms with E-state index in [9.17, 15) is 4.79 Å². The van der Waals surface area contributed by atoms with Gasteiger partial charge in [0.25, 0.3) is 0 Å². The maximum atomic E-state index is 11.4. The number of esters is 1. The third kappa shape index (κ3) is 3.21.